The summed E-state index contributed by atoms with van der Waals surface area (Å²) in [6.07, 6.45) is 5.17. The van der Waals surface area contributed by atoms with E-state index in [1.807, 2.05) is 67.6 Å². The van der Waals surface area contributed by atoms with Gasteiger partial charge >= 0.3 is 5.88 Å². The van der Waals surface area contributed by atoms with Gasteiger partial charge in [0.1, 0.15) is 5.82 Å². The maximum Gasteiger partial charge on any atom is 0.300 e. The Morgan fingerprint density at radius 3 is 2.62 bits per heavy atom. The van der Waals surface area contributed by atoms with Gasteiger partial charge < -0.3 is 15.7 Å². The maximum absolute atomic E-state index is 14.2. The maximum atomic E-state index is 14.2. The Hall–Kier alpha value is -4.90. The zero-order valence-corrected chi connectivity index (χ0v) is 23.8. The summed E-state index contributed by atoms with van der Waals surface area (Å²) in [6, 6.07) is 20.6. The number of halogens is 1. The number of hydrogen-bond acceptors (Lipinski definition) is 6. The highest BCUT2D eigenvalue weighted by Crippen LogP contribution is 2.43. The third kappa shape index (κ3) is 6.69. The largest absolute Gasteiger partial charge is 0.846 e. The van der Waals surface area contributed by atoms with Crippen molar-refractivity contribution in [3.05, 3.63) is 107 Å². The number of carbonyl (C=O) groups is 1. The van der Waals surface area contributed by atoms with Gasteiger partial charge in [-0.05, 0) is 75.4 Å². The van der Waals surface area contributed by atoms with E-state index in [0.29, 0.717) is 5.56 Å². The number of anilines is 1. The molecule has 0 bridgehead atoms. The van der Waals surface area contributed by atoms with Gasteiger partial charge in [-0.15, -0.1) is 0 Å². The molecular weight excluding hydrogens is 557 g/mol. The van der Waals surface area contributed by atoms with Crippen LogP contribution in [0.3, 0.4) is 0 Å². The first-order valence-corrected chi connectivity index (χ1v) is 14.7. The summed E-state index contributed by atoms with van der Waals surface area (Å²) < 4.78 is 32.5. The molecule has 3 aromatic carbocycles. The fourth-order valence-electron chi connectivity index (χ4n) is 4.63. The van der Waals surface area contributed by atoms with Gasteiger partial charge in [-0.3, -0.25) is 18.5 Å². The first kappa shape index (κ1) is 28.6. The standard InChI is InChI=1S/C31H28FN5O4S/c1-20-26(16-21-8-11-24(12-9-21)42(2)40)25-13-10-22(32)17-28(25)27(20)18-29(38)33-14-15-34-31(39)35-30-19-37(36-41-30)23-6-4-3-5-7-23/h3-13,16-17,19H,14-15,18H2,1-2H3,(H2-,33,34,35,36,38,39)/b26-16-. The van der Waals surface area contributed by atoms with Gasteiger partial charge in [-0.1, -0.05) is 36.4 Å². The van der Waals surface area contributed by atoms with Crippen LogP contribution in [0.15, 0.2) is 99.0 Å². The number of nitrogens with zero attached hydrogens (tertiary/aromatic N) is 3. The lowest BCUT2D eigenvalue weighted by Gasteiger charge is -2.10. The number of allylic oxidation sites excluding steroid dienone is 2. The first-order chi connectivity index (χ1) is 20.3. The molecule has 0 aliphatic heterocycles. The minimum Gasteiger partial charge on any atom is -0.846 e. The van der Waals surface area contributed by atoms with Crippen LogP contribution in [0.2, 0.25) is 0 Å². The molecule has 42 heavy (non-hydrogen) atoms. The van der Waals surface area contributed by atoms with Gasteiger partial charge in [0.25, 0.3) is 6.20 Å². The van der Waals surface area contributed by atoms with Crippen molar-refractivity contribution in [2.75, 3.05) is 24.7 Å². The molecule has 0 radical (unpaired) electrons. The molecular formula is C31H28FN5O4S. The molecule has 9 nitrogen and oxygen atoms in total. The van der Waals surface area contributed by atoms with Crippen molar-refractivity contribution >= 4 is 45.8 Å². The molecule has 214 valence electrons. The molecule has 1 atom stereocenters. The van der Waals surface area contributed by atoms with Crippen LogP contribution in [-0.2, 0) is 15.6 Å². The fourth-order valence-corrected chi connectivity index (χ4v) is 5.15. The molecule has 1 aliphatic carbocycles. The quantitative estimate of drug-likeness (QED) is 0.134. The van der Waals surface area contributed by atoms with Gasteiger partial charge in [0, 0.05) is 40.6 Å². The lowest BCUT2D eigenvalue weighted by Crippen LogP contribution is -2.32. The van der Waals surface area contributed by atoms with E-state index in [9.17, 15) is 18.5 Å². The van der Waals surface area contributed by atoms with Gasteiger partial charge in [0.15, 0.2) is 0 Å². The second kappa shape index (κ2) is 12.7. The van der Waals surface area contributed by atoms with E-state index in [0.717, 1.165) is 38.4 Å². The van der Waals surface area contributed by atoms with Crippen LogP contribution in [0, 0.1) is 5.82 Å². The Morgan fingerprint density at radius 2 is 1.88 bits per heavy atom. The Kier molecular flexibility index (Phi) is 8.68. The van der Waals surface area contributed by atoms with E-state index in [2.05, 4.69) is 20.9 Å². The number of hydrogen-bond donors (Lipinski definition) is 2. The summed E-state index contributed by atoms with van der Waals surface area (Å²) in [7, 11) is -1.07. The zero-order valence-electron chi connectivity index (χ0n) is 23.0. The monoisotopic (exact) mass is 585 g/mol. The van der Waals surface area contributed by atoms with Gasteiger partial charge in [0.2, 0.25) is 16.9 Å². The highest BCUT2D eigenvalue weighted by atomic mass is 32.2. The average molecular weight is 586 g/mol. The number of amides is 1. The molecule has 1 aromatic heterocycles. The van der Waals surface area contributed by atoms with Crippen molar-refractivity contribution in [1.29, 1.82) is 0 Å². The highest BCUT2D eigenvalue weighted by Gasteiger charge is 2.25. The number of para-hydroxylation sites is 1. The predicted molar refractivity (Wildman–Crippen MR) is 157 cm³/mol. The molecule has 0 spiro atoms. The number of fused-ring (bicyclic) bond motifs is 1. The number of aliphatic imine (C=N–C) groups is 1. The summed E-state index contributed by atoms with van der Waals surface area (Å²) in [6.45, 7) is 2.10. The van der Waals surface area contributed by atoms with Crippen LogP contribution < -0.4 is 20.4 Å². The van der Waals surface area contributed by atoms with Gasteiger partial charge in [-0.2, -0.15) is 0 Å². The lowest BCUT2D eigenvalue weighted by atomic mass is 10.0. The molecule has 0 fully saturated rings. The summed E-state index contributed by atoms with van der Waals surface area (Å²) >= 11 is 0. The van der Waals surface area contributed by atoms with E-state index >= 15 is 0 Å². The lowest BCUT2D eigenvalue weighted by molar-refractivity contribution is -0.670. The summed E-state index contributed by atoms with van der Waals surface area (Å²) in [5.74, 6) is -0.530. The third-order valence-electron chi connectivity index (χ3n) is 6.72. The summed E-state index contributed by atoms with van der Waals surface area (Å²) in [5.41, 5.74) is 5.68. The van der Waals surface area contributed by atoms with E-state index in [1.54, 1.807) is 12.3 Å². The Morgan fingerprint density at radius 1 is 1.12 bits per heavy atom. The SMILES string of the molecule is CC1=C(CC(=O)NCCN=C([O-])Nc2c[n+](-c3ccccc3)no2)c2cc(F)ccc2/C1=C\c1ccc(S(C)=O)cc1. The third-order valence-corrected chi connectivity index (χ3v) is 7.66. The zero-order chi connectivity index (χ0) is 29.6. The predicted octanol–water partition coefficient (Wildman–Crippen LogP) is 3.49. The van der Waals surface area contributed by atoms with Crippen molar-refractivity contribution in [3.8, 4) is 5.69 Å². The molecule has 2 N–H and O–H groups in total. The van der Waals surface area contributed by atoms with Crippen molar-refractivity contribution < 1.29 is 27.7 Å². The number of carbonyl (C=O) groups excluding carboxylic acids is 1. The van der Waals surface area contributed by atoms with Crippen molar-refractivity contribution in [2.45, 2.75) is 18.2 Å². The smallest absolute Gasteiger partial charge is 0.300 e. The Balaban J connectivity index is 1.20. The van der Waals surface area contributed by atoms with Crippen LogP contribution in [0.25, 0.3) is 22.9 Å². The number of amidine groups is 1. The normalized spacial score (nSPS) is 14.6. The molecule has 5 rings (SSSR count). The van der Waals surface area contributed by atoms with E-state index in [-0.39, 0.29) is 37.1 Å². The number of nitrogens with one attached hydrogen (secondary N) is 2. The molecule has 11 heteroatoms. The van der Waals surface area contributed by atoms with Gasteiger partial charge in [0.05, 0.1) is 19.0 Å². The van der Waals surface area contributed by atoms with Crippen LogP contribution in [0.5, 0.6) is 0 Å². The van der Waals surface area contributed by atoms with Gasteiger partial charge in [-0.25, -0.2) is 4.39 Å². The van der Waals surface area contributed by atoms with Crippen LogP contribution in [0.4, 0.5) is 10.3 Å². The van der Waals surface area contributed by atoms with E-state index in [4.69, 9.17) is 4.52 Å². The van der Waals surface area contributed by atoms with Crippen molar-refractivity contribution in [1.82, 2.24) is 10.6 Å². The fraction of sp³-hybridized carbons (Fsp3) is 0.161. The van der Waals surface area contributed by atoms with Crippen LogP contribution in [-0.4, -0.2) is 40.8 Å². The average Bonchev–Trinajstić information content (AvgIpc) is 3.54. The van der Waals surface area contributed by atoms with E-state index in [1.165, 1.54) is 23.0 Å². The van der Waals surface area contributed by atoms with E-state index < -0.39 is 16.8 Å². The topological polar surface area (TPSA) is 124 Å². The molecule has 0 saturated carbocycles. The minimum atomic E-state index is -1.07. The molecule has 1 aliphatic rings. The number of aromatic nitrogens is 2. The second-order valence-electron chi connectivity index (χ2n) is 9.56. The minimum absolute atomic E-state index is 0.0388. The van der Waals surface area contributed by atoms with Crippen molar-refractivity contribution in [3.63, 3.8) is 0 Å². The summed E-state index contributed by atoms with van der Waals surface area (Å²) in [5, 5.41) is 21.3. The highest BCUT2D eigenvalue weighted by molar-refractivity contribution is 7.84. The Labute approximate surface area is 244 Å². The van der Waals surface area contributed by atoms with Crippen LogP contribution in [0.1, 0.15) is 30.0 Å². The van der Waals surface area contributed by atoms with Crippen molar-refractivity contribution in [2.24, 2.45) is 4.99 Å². The van der Waals surface area contributed by atoms with Crippen LogP contribution >= 0.6 is 0 Å². The molecule has 1 amide bonds. The molecule has 1 heterocycles. The number of rotatable bonds is 9. The number of benzene rings is 3. The Bertz CT molecular complexity index is 1730. The molecule has 1 unspecified atom stereocenters. The molecule has 0 saturated heterocycles. The second-order valence-corrected chi connectivity index (χ2v) is 10.9. The first-order valence-electron chi connectivity index (χ1n) is 13.1. The molecule has 4 aromatic rings. The summed E-state index contributed by atoms with van der Waals surface area (Å²) in [4.78, 5) is 17.4.